The molecule has 0 aromatic heterocycles. The van der Waals surface area contributed by atoms with Crippen molar-refractivity contribution in [3.05, 3.63) is 0 Å². The molecule has 0 radical (unpaired) electrons. The standard InChI is InChI=1S/C11H22N2S2/c1-13(10-3-6-14-7-10)11(8-12)4-2-5-15-9-11/h10H,2-9,12H2,1H3. The smallest absolute Gasteiger partial charge is 0.0422 e. The molecule has 0 saturated carbocycles. The minimum atomic E-state index is 0.304. The molecule has 0 bridgehead atoms. The van der Waals surface area contributed by atoms with Crippen LogP contribution < -0.4 is 5.73 Å². The zero-order valence-electron chi connectivity index (χ0n) is 9.58. The van der Waals surface area contributed by atoms with Crippen LogP contribution in [0, 0.1) is 0 Å². The molecule has 2 rings (SSSR count). The van der Waals surface area contributed by atoms with Gasteiger partial charge < -0.3 is 5.73 Å². The Kier molecular flexibility index (Phi) is 4.27. The molecule has 0 amide bonds. The van der Waals surface area contributed by atoms with E-state index in [9.17, 15) is 0 Å². The van der Waals surface area contributed by atoms with E-state index < -0.39 is 0 Å². The zero-order chi connectivity index (χ0) is 10.7. The molecule has 2 heterocycles. The van der Waals surface area contributed by atoms with E-state index in [1.54, 1.807) is 0 Å². The highest BCUT2D eigenvalue weighted by molar-refractivity contribution is 7.99. The van der Waals surface area contributed by atoms with Gasteiger partial charge >= 0.3 is 0 Å². The van der Waals surface area contributed by atoms with Crippen LogP contribution in [0.25, 0.3) is 0 Å². The van der Waals surface area contributed by atoms with Gasteiger partial charge in [0.05, 0.1) is 0 Å². The van der Waals surface area contributed by atoms with Crippen molar-refractivity contribution in [1.82, 2.24) is 4.90 Å². The first-order chi connectivity index (χ1) is 7.28. The molecule has 0 aliphatic carbocycles. The maximum atomic E-state index is 6.04. The Bertz CT molecular complexity index is 199. The van der Waals surface area contributed by atoms with Crippen LogP contribution in [0.3, 0.4) is 0 Å². The average molecular weight is 246 g/mol. The van der Waals surface area contributed by atoms with Crippen molar-refractivity contribution in [2.45, 2.75) is 30.8 Å². The second-order valence-electron chi connectivity index (χ2n) is 4.71. The van der Waals surface area contributed by atoms with Gasteiger partial charge in [-0.15, -0.1) is 0 Å². The Morgan fingerprint density at radius 1 is 1.40 bits per heavy atom. The van der Waals surface area contributed by atoms with Crippen LogP contribution in [-0.2, 0) is 0 Å². The van der Waals surface area contributed by atoms with Crippen LogP contribution in [0.4, 0.5) is 0 Å². The molecule has 2 unspecified atom stereocenters. The van der Waals surface area contributed by atoms with E-state index in [1.807, 2.05) is 0 Å². The molecule has 4 heteroatoms. The highest BCUT2D eigenvalue weighted by Crippen LogP contribution is 2.34. The fourth-order valence-corrected chi connectivity index (χ4v) is 5.24. The molecule has 2 aliphatic rings. The number of nitrogens with zero attached hydrogens (tertiary/aromatic N) is 1. The van der Waals surface area contributed by atoms with Crippen molar-refractivity contribution in [2.75, 3.05) is 36.6 Å². The van der Waals surface area contributed by atoms with Crippen molar-refractivity contribution in [1.29, 1.82) is 0 Å². The average Bonchev–Trinajstić information content (AvgIpc) is 2.82. The molecule has 2 fully saturated rings. The molecule has 0 aromatic carbocycles. The van der Waals surface area contributed by atoms with Gasteiger partial charge in [0, 0.05) is 29.6 Å². The first-order valence-electron chi connectivity index (χ1n) is 5.87. The lowest BCUT2D eigenvalue weighted by molar-refractivity contribution is 0.0962. The minimum absolute atomic E-state index is 0.304. The Labute approximate surface area is 102 Å². The minimum Gasteiger partial charge on any atom is -0.329 e. The third-order valence-electron chi connectivity index (χ3n) is 3.88. The monoisotopic (exact) mass is 246 g/mol. The van der Waals surface area contributed by atoms with Gasteiger partial charge in [-0.05, 0) is 37.8 Å². The summed E-state index contributed by atoms with van der Waals surface area (Å²) in [5.41, 5.74) is 6.35. The second kappa shape index (κ2) is 5.30. The lowest BCUT2D eigenvalue weighted by Gasteiger charge is -2.46. The summed E-state index contributed by atoms with van der Waals surface area (Å²) in [6, 6.07) is 0.775. The normalized spacial score (nSPS) is 37.4. The molecular weight excluding hydrogens is 224 g/mol. The van der Waals surface area contributed by atoms with Gasteiger partial charge in [-0.3, -0.25) is 4.90 Å². The third kappa shape index (κ3) is 2.48. The van der Waals surface area contributed by atoms with E-state index >= 15 is 0 Å². The number of likely N-dealkylation sites (N-methyl/N-ethyl adjacent to an activating group) is 1. The van der Waals surface area contributed by atoms with Crippen molar-refractivity contribution in [3.8, 4) is 0 Å². The molecule has 2 saturated heterocycles. The molecule has 2 atom stereocenters. The summed E-state index contributed by atoms with van der Waals surface area (Å²) in [6.45, 7) is 0.831. The zero-order valence-corrected chi connectivity index (χ0v) is 11.2. The lowest BCUT2D eigenvalue weighted by atomic mass is 9.92. The number of hydrogen-bond acceptors (Lipinski definition) is 4. The van der Waals surface area contributed by atoms with Crippen LogP contribution in [0.1, 0.15) is 19.3 Å². The van der Waals surface area contributed by atoms with Crippen LogP contribution >= 0.6 is 23.5 Å². The molecule has 2 N–H and O–H groups in total. The van der Waals surface area contributed by atoms with E-state index in [1.165, 1.54) is 42.3 Å². The molecule has 15 heavy (non-hydrogen) atoms. The Balaban J connectivity index is 2.02. The third-order valence-corrected chi connectivity index (χ3v) is 6.35. The summed E-state index contributed by atoms with van der Waals surface area (Å²) in [4.78, 5) is 2.61. The highest BCUT2D eigenvalue weighted by atomic mass is 32.2. The lowest BCUT2D eigenvalue weighted by Crippen LogP contribution is -2.58. The van der Waals surface area contributed by atoms with E-state index in [4.69, 9.17) is 5.73 Å². The number of thioether (sulfide) groups is 2. The molecule has 2 aliphatic heterocycles. The summed E-state index contributed by atoms with van der Waals surface area (Å²) >= 11 is 4.18. The number of nitrogens with two attached hydrogens (primary N) is 1. The summed E-state index contributed by atoms with van der Waals surface area (Å²) in [5, 5.41) is 0. The van der Waals surface area contributed by atoms with E-state index in [-0.39, 0.29) is 0 Å². The summed E-state index contributed by atoms with van der Waals surface area (Å²) < 4.78 is 0. The number of rotatable bonds is 3. The van der Waals surface area contributed by atoms with Crippen LogP contribution in [-0.4, -0.2) is 53.1 Å². The second-order valence-corrected chi connectivity index (χ2v) is 6.97. The largest absolute Gasteiger partial charge is 0.329 e. The predicted molar refractivity (Wildman–Crippen MR) is 71.8 cm³/mol. The maximum absolute atomic E-state index is 6.04. The fraction of sp³-hybridized carbons (Fsp3) is 1.00. The summed E-state index contributed by atoms with van der Waals surface area (Å²) in [6.07, 6.45) is 3.99. The Hall–Kier alpha value is 0.620. The number of hydrogen-bond donors (Lipinski definition) is 1. The van der Waals surface area contributed by atoms with Crippen LogP contribution in [0.5, 0.6) is 0 Å². The SMILES string of the molecule is CN(C1CCSC1)C1(CN)CCCSC1. The molecule has 0 spiro atoms. The maximum Gasteiger partial charge on any atom is 0.0422 e. The highest BCUT2D eigenvalue weighted by Gasteiger charge is 2.39. The van der Waals surface area contributed by atoms with Crippen LogP contribution in [0.15, 0.2) is 0 Å². The van der Waals surface area contributed by atoms with Gasteiger partial charge in [-0.25, -0.2) is 0 Å². The topological polar surface area (TPSA) is 29.3 Å². The van der Waals surface area contributed by atoms with Crippen molar-refractivity contribution in [3.63, 3.8) is 0 Å². The van der Waals surface area contributed by atoms with Gasteiger partial charge in [0.15, 0.2) is 0 Å². The Morgan fingerprint density at radius 2 is 2.27 bits per heavy atom. The Morgan fingerprint density at radius 3 is 2.80 bits per heavy atom. The van der Waals surface area contributed by atoms with Gasteiger partial charge in [0.25, 0.3) is 0 Å². The fourth-order valence-electron chi connectivity index (χ4n) is 2.64. The molecule has 0 aromatic rings. The van der Waals surface area contributed by atoms with Crippen molar-refractivity contribution < 1.29 is 0 Å². The van der Waals surface area contributed by atoms with Gasteiger partial charge in [0.2, 0.25) is 0 Å². The van der Waals surface area contributed by atoms with Gasteiger partial charge in [0.1, 0.15) is 0 Å². The molecule has 2 nitrogen and oxygen atoms in total. The van der Waals surface area contributed by atoms with Gasteiger partial charge in [-0.2, -0.15) is 23.5 Å². The van der Waals surface area contributed by atoms with Gasteiger partial charge in [-0.1, -0.05) is 0 Å². The van der Waals surface area contributed by atoms with Crippen molar-refractivity contribution in [2.24, 2.45) is 5.73 Å². The van der Waals surface area contributed by atoms with E-state index in [2.05, 4.69) is 35.5 Å². The van der Waals surface area contributed by atoms with Crippen LogP contribution in [0.2, 0.25) is 0 Å². The molecular formula is C11H22N2S2. The first kappa shape index (κ1) is 12.1. The molecule has 88 valence electrons. The van der Waals surface area contributed by atoms with E-state index in [0.29, 0.717) is 5.54 Å². The van der Waals surface area contributed by atoms with E-state index in [0.717, 1.165) is 12.6 Å². The summed E-state index contributed by atoms with van der Waals surface area (Å²) in [5.74, 6) is 5.21. The first-order valence-corrected chi connectivity index (χ1v) is 8.18. The predicted octanol–water partition coefficient (Wildman–Crippen LogP) is 1.65. The summed E-state index contributed by atoms with van der Waals surface area (Å²) in [7, 11) is 2.30. The quantitative estimate of drug-likeness (QED) is 0.820. The van der Waals surface area contributed by atoms with Crippen molar-refractivity contribution >= 4 is 23.5 Å².